The molecule has 5 atom stereocenters. The number of nitrogens with zero attached hydrogens (tertiary/aromatic N) is 1. The molecular formula is C25H39F3N4O7. The fraction of sp³-hybridized carbons (Fsp3) is 0.800. The maximum absolute atomic E-state index is 13.6. The van der Waals surface area contributed by atoms with E-state index in [9.17, 15) is 37.1 Å². The summed E-state index contributed by atoms with van der Waals surface area (Å²) >= 11 is 0. The van der Waals surface area contributed by atoms with Crippen LogP contribution in [-0.2, 0) is 28.7 Å². The van der Waals surface area contributed by atoms with Gasteiger partial charge in [0, 0.05) is 19.4 Å². The Labute approximate surface area is 225 Å². The number of carbonyl (C=O) groups is 5. The van der Waals surface area contributed by atoms with E-state index in [4.69, 9.17) is 9.47 Å². The Bertz CT molecular complexity index is 916. The summed E-state index contributed by atoms with van der Waals surface area (Å²) < 4.78 is 48.4. The van der Waals surface area contributed by atoms with Crippen LogP contribution in [0, 0.1) is 11.3 Å². The third-order valence-corrected chi connectivity index (χ3v) is 6.59. The largest absolute Gasteiger partial charge is 0.459 e. The SMILES string of the molecule is CC(=O)C(CCC(F)(F)F)NC(=O)C1C[C@@H](C)CN1C(=O)C(NC(=O)NCC(=O)OC1CCOC1)C(C)(C)C. The van der Waals surface area contributed by atoms with Gasteiger partial charge in [0.2, 0.25) is 11.8 Å². The van der Waals surface area contributed by atoms with Gasteiger partial charge in [-0.05, 0) is 31.1 Å². The van der Waals surface area contributed by atoms with Crippen molar-refractivity contribution in [3.05, 3.63) is 0 Å². The molecule has 0 bridgehead atoms. The van der Waals surface area contributed by atoms with Gasteiger partial charge in [0.15, 0.2) is 5.78 Å². The molecule has 0 saturated carbocycles. The molecule has 2 saturated heterocycles. The summed E-state index contributed by atoms with van der Waals surface area (Å²) in [7, 11) is 0. The number of esters is 1. The van der Waals surface area contributed by atoms with Crippen LogP contribution in [0.25, 0.3) is 0 Å². The van der Waals surface area contributed by atoms with Gasteiger partial charge in [-0.3, -0.25) is 19.2 Å². The lowest BCUT2D eigenvalue weighted by atomic mass is 9.85. The maximum Gasteiger partial charge on any atom is 0.389 e. The minimum absolute atomic E-state index is 0.112. The minimum Gasteiger partial charge on any atom is -0.459 e. The molecule has 4 amide bonds. The number of rotatable bonds is 10. The monoisotopic (exact) mass is 564 g/mol. The zero-order valence-corrected chi connectivity index (χ0v) is 23.0. The van der Waals surface area contributed by atoms with Crippen molar-refractivity contribution in [2.24, 2.45) is 11.3 Å². The third kappa shape index (κ3) is 10.3. The number of hydrogen-bond donors (Lipinski definition) is 3. The molecule has 0 radical (unpaired) electrons. The summed E-state index contributed by atoms with van der Waals surface area (Å²) in [6.45, 7) is 8.56. The van der Waals surface area contributed by atoms with Crippen molar-refractivity contribution in [2.75, 3.05) is 26.3 Å². The molecule has 14 heteroatoms. The topological polar surface area (TPSA) is 143 Å². The Morgan fingerprint density at radius 2 is 1.77 bits per heavy atom. The van der Waals surface area contributed by atoms with E-state index in [2.05, 4.69) is 16.0 Å². The second kappa shape index (κ2) is 13.4. The van der Waals surface area contributed by atoms with Gasteiger partial charge in [0.1, 0.15) is 24.7 Å². The summed E-state index contributed by atoms with van der Waals surface area (Å²) in [5.74, 6) is -2.69. The highest BCUT2D eigenvalue weighted by Crippen LogP contribution is 2.29. The number of likely N-dealkylation sites (tertiary alicyclic amines) is 1. The lowest BCUT2D eigenvalue weighted by Crippen LogP contribution is -2.60. The first-order valence-electron chi connectivity index (χ1n) is 13.0. The molecule has 0 aromatic heterocycles. The van der Waals surface area contributed by atoms with Crippen LogP contribution >= 0.6 is 0 Å². The normalized spacial score (nSPS) is 23.1. The standard InChI is InChI=1S/C25H39F3N4O7/c1-14-10-18(21(35)30-17(15(2)33)6-8-25(26,27)28)32(12-14)22(36)20(24(3,4)5)31-23(37)29-11-19(34)39-16-7-9-38-13-16/h14,16-18,20H,6-13H2,1-5H3,(H,30,35)(H2,29,31,37)/t14-,16?,17?,18?,20?/m1/s1. The van der Waals surface area contributed by atoms with E-state index in [0.29, 0.717) is 13.0 Å². The maximum atomic E-state index is 13.6. The number of amides is 4. The lowest BCUT2D eigenvalue weighted by Gasteiger charge is -2.35. The fourth-order valence-electron chi connectivity index (χ4n) is 4.47. The van der Waals surface area contributed by atoms with E-state index in [-0.39, 0.29) is 31.6 Å². The second-order valence-corrected chi connectivity index (χ2v) is 11.3. The average Bonchev–Trinajstić information content (AvgIpc) is 3.46. The number of alkyl halides is 3. The highest BCUT2D eigenvalue weighted by atomic mass is 19.4. The van der Waals surface area contributed by atoms with E-state index in [1.54, 1.807) is 20.8 Å². The van der Waals surface area contributed by atoms with E-state index >= 15 is 0 Å². The van der Waals surface area contributed by atoms with Gasteiger partial charge in [-0.15, -0.1) is 0 Å². The van der Waals surface area contributed by atoms with Crippen LogP contribution in [0.3, 0.4) is 0 Å². The van der Waals surface area contributed by atoms with Crippen LogP contribution in [0.1, 0.15) is 60.3 Å². The molecule has 0 aliphatic carbocycles. The molecule has 2 fully saturated rings. The van der Waals surface area contributed by atoms with E-state index in [1.165, 1.54) is 4.90 Å². The Kier molecular flexibility index (Phi) is 11.1. The van der Waals surface area contributed by atoms with E-state index in [1.807, 2.05) is 6.92 Å². The first kappa shape index (κ1) is 32.3. The molecule has 11 nitrogen and oxygen atoms in total. The Morgan fingerprint density at radius 1 is 1.10 bits per heavy atom. The van der Waals surface area contributed by atoms with Crippen molar-refractivity contribution in [3.8, 4) is 0 Å². The quantitative estimate of drug-likeness (QED) is 0.343. The number of urea groups is 1. The molecule has 0 spiro atoms. The molecule has 2 aliphatic heterocycles. The van der Waals surface area contributed by atoms with Crippen LogP contribution in [0.2, 0.25) is 0 Å². The molecule has 4 unspecified atom stereocenters. The third-order valence-electron chi connectivity index (χ3n) is 6.59. The number of hydrogen-bond acceptors (Lipinski definition) is 7. The van der Waals surface area contributed by atoms with Crippen LogP contribution in [0.15, 0.2) is 0 Å². The van der Waals surface area contributed by atoms with Crippen LogP contribution < -0.4 is 16.0 Å². The van der Waals surface area contributed by atoms with Crippen molar-refractivity contribution in [1.29, 1.82) is 0 Å². The predicted octanol–water partition coefficient (Wildman–Crippen LogP) is 1.69. The van der Waals surface area contributed by atoms with E-state index < -0.39 is 78.7 Å². The van der Waals surface area contributed by atoms with Crippen molar-refractivity contribution in [2.45, 2.75) is 90.7 Å². The molecule has 39 heavy (non-hydrogen) atoms. The first-order chi connectivity index (χ1) is 18.0. The number of ether oxygens (including phenoxy) is 2. The molecule has 222 valence electrons. The zero-order valence-electron chi connectivity index (χ0n) is 23.0. The number of halogens is 3. The Balaban J connectivity index is 2.06. The van der Waals surface area contributed by atoms with Crippen molar-refractivity contribution in [3.63, 3.8) is 0 Å². The van der Waals surface area contributed by atoms with Gasteiger partial charge >= 0.3 is 18.2 Å². The number of Topliss-reactive ketones (excluding diaryl/α,β-unsaturated/α-hetero) is 1. The van der Waals surface area contributed by atoms with Gasteiger partial charge in [-0.25, -0.2) is 4.79 Å². The van der Waals surface area contributed by atoms with Crippen molar-refractivity contribution >= 4 is 29.6 Å². The average molecular weight is 565 g/mol. The summed E-state index contributed by atoms with van der Waals surface area (Å²) in [6.07, 6.45) is -5.91. The predicted molar refractivity (Wildman–Crippen MR) is 132 cm³/mol. The molecule has 0 aromatic rings. The summed E-state index contributed by atoms with van der Waals surface area (Å²) in [5.41, 5.74) is -0.808. The minimum atomic E-state index is -4.49. The molecular weight excluding hydrogens is 525 g/mol. The zero-order chi connectivity index (χ0) is 29.5. The highest BCUT2D eigenvalue weighted by Gasteiger charge is 2.44. The Hall–Kier alpha value is -2.90. The summed E-state index contributed by atoms with van der Waals surface area (Å²) in [4.78, 5) is 64.4. The van der Waals surface area contributed by atoms with Crippen LogP contribution in [0.4, 0.5) is 18.0 Å². The summed E-state index contributed by atoms with van der Waals surface area (Å²) in [6, 6.07) is -4.27. The smallest absolute Gasteiger partial charge is 0.389 e. The van der Waals surface area contributed by atoms with Crippen molar-refractivity contribution in [1.82, 2.24) is 20.9 Å². The van der Waals surface area contributed by atoms with Gasteiger partial charge in [-0.2, -0.15) is 13.2 Å². The van der Waals surface area contributed by atoms with E-state index in [0.717, 1.165) is 6.92 Å². The molecule has 0 aromatic carbocycles. The molecule has 2 rings (SSSR count). The highest BCUT2D eigenvalue weighted by molar-refractivity contribution is 5.95. The van der Waals surface area contributed by atoms with Crippen LogP contribution in [-0.4, -0.2) is 91.2 Å². The first-order valence-corrected chi connectivity index (χ1v) is 13.0. The molecule has 3 N–H and O–H groups in total. The number of nitrogens with one attached hydrogen (secondary N) is 3. The molecule has 2 heterocycles. The van der Waals surface area contributed by atoms with Gasteiger partial charge in [-0.1, -0.05) is 27.7 Å². The van der Waals surface area contributed by atoms with Gasteiger partial charge < -0.3 is 30.3 Å². The van der Waals surface area contributed by atoms with Crippen LogP contribution in [0.5, 0.6) is 0 Å². The number of ketones is 1. The second-order valence-electron chi connectivity index (χ2n) is 11.3. The van der Waals surface area contributed by atoms with Gasteiger partial charge in [0.25, 0.3) is 0 Å². The van der Waals surface area contributed by atoms with Gasteiger partial charge in [0.05, 0.1) is 19.3 Å². The summed E-state index contributed by atoms with van der Waals surface area (Å²) in [5, 5.41) is 7.31. The van der Waals surface area contributed by atoms with Crippen molar-refractivity contribution < 1.29 is 46.6 Å². The Morgan fingerprint density at radius 3 is 2.31 bits per heavy atom. The lowest BCUT2D eigenvalue weighted by molar-refractivity contribution is -0.147. The molecule has 2 aliphatic rings. The number of carbonyl (C=O) groups excluding carboxylic acids is 5. The fourth-order valence-corrected chi connectivity index (χ4v) is 4.47.